The molecule has 0 radical (unpaired) electrons. The van der Waals surface area contributed by atoms with E-state index >= 15 is 0 Å². The van der Waals surface area contributed by atoms with Crippen LogP contribution in [0.5, 0.6) is 0 Å². The zero-order valence-electron chi connectivity index (χ0n) is 9.37. The van der Waals surface area contributed by atoms with Crippen molar-refractivity contribution >= 4 is 23.3 Å². The Morgan fingerprint density at radius 1 is 1.29 bits per heavy atom. The smallest absolute Gasteiger partial charge is 0.319 e. The molecule has 1 aromatic carbocycles. The molecule has 0 saturated carbocycles. The summed E-state index contributed by atoms with van der Waals surface area (Å²) in [5, 5.41) is 14.4. The lowest BCUT2D eigenvalue weighted by Crippen LogP contribution is -2.29. The molecule has 0 aliphatic carbocycles. The monoisotopic (exact) mass is 251 g/mol. The summed E-state index contributed by atoms with van der Waals surface area (Å²) in [4.78, 5) is 11.4. The van der Waals surface area contributed by atoms with Crippen LogP contribution in [-0.2, 0) is 0 Å². The molecule has 0 saturated heterocycles. The molecule has 0 aliphatic rings. The molecule has 0 spiro atoms. The zero-order chi connectivity index (χ0) is 12.5. The SMILES string of the molecule is N#CCCCCNC(=O)Nc1ccc(Cl)cc1. The number of carbonyl (C=O) groups is 1. The van der Waals surface area contributed by atoms with Gasteiger partial charge in [0, 0.05) is 23.7 Å². The van der Waals surface area contributed by atoms with Crippen LogP contribution < -0.4 is 10.6 Å². The lowest BCUT2D eigenvalue weighted by atomic mass is 10.2. The summed E-state index contributed by atoms with van der Waals surface area (Å²) in [7, 11) is 0. The third kappa shape index (κ3) is 5.79. The molecule has 4 nitrogen and oxygen atoms in total. The third-order valence-corrected chi connectivity index (χ3v) is 2.35. The maximum Gasteiger partial charge on any atom is 0.319 e. The van der Waals surface area contributed by atoms with Gasteiger partial charge in [-0.2, -0.15) is 5.26 Å². The standard InChI is InChI=1S/C12H14ClN3O/c13-10-4-6-11(7-5-10)16-12(17)15-9-3-1-2-8-14/h4-7H,1-3,9H2,(H2,15,16,17). The highest BCUT2D eigenvalue weighted by molar-refractivity contribution is 6.30. The van der Waals surface area contributed by atoms with Gasteiger partial charge in [-0.15, -0.1) is 0 Å². The van der Waals surface area contributed by atoms with E-state index < -0.39 is 0 Å². The zero-order valence-corrected chi connectivity index (χ0v) is 10.1. The van der Waals surface area contributed by atoms with Crippen molar-refractivity contribution in [3.8, 4) is 6.07 Å². The summed E-state index contributed by atoms with van der Waals surface area (Å²) in [6, 6.07) is 8.71. The number of rotatable bonds is 5. The van der Waals surface area contributed by atoms with Crippen LogP contribution in [0.2, 0.25) is 5.02 Å². The number of benzene rings is 1. The second-order valence-electron chi connectivity index (χ2n) is 3.50. The van der Waals surface area contributed by atoms with Crippen LogP contribution >= 0.6 is 11.6 Å². The van der Waals surface area contributed by atoms with Crippen molar-refractivity contribution in [3.63, 3.8) is 0 Å². The largest absolute Gasteiger partial charge is 0.338 e. The van der Waals surface area contributed by atoms with E-state index in [-0.39, 0.29) is 6.03 Å². The summed E-state index contributed by atoms with van der Waals surface area (Å²) in [5.41, 5.74) is 0.698. The minimum absolute atomic E-state index is 0.246. The van der Waals surface area contributed by atoms with E-state index in [1.54, 1.807) is 24.3 Å². The van der Waals surface area contributed by atoms with E-state index in [0.717, 1.165) is 12.8 Å². The molecule has 1 rings (SSSR count). The first kappa shape index (κ1) is 13.3. The fourth-order valence-electron chi connectivity index (χ4n) is 1.24. The van der Waals surface area contributed by atoms with Crippen LogP contribution in [0.3, 0.4) is 0 Å². The fraction of sp³-hybridized carbons (Fsp3) is 0.333. The van der Waals surface area contributed by atoms with Gasteiger partial charge in [0.15, 0.2) is 0 Å². The van der Waals surface area contributed by atoms with E-state index in [9.17, 15) is 4.79 Å². The first-order chi connectivity index (χ1) is 8.22. The Hall–Kier alpha value is -1.73. The van der Waals surface area contributed by atoms with E-state index in [1.807, 2.05) is 0 Å². The number of nitriles is 1. The molecule has 0 heterocycles. The molecule has 0 atom stereocenters. The first-order valence-corrected chi connectivity index (χ1v) is 5.77. The van der Waals surface area contributed by atoms with Crippen LogP contribution in [0.15, 0.2) is 24.3 Å². The normalized spacial score (nSPS) is 9.41. The Kier molecular flexibility index (Phi) is 5.91. The minimum Gasteiger partial charge on any atom is -0.338 e. The lowest BCUT2D eigenvalue weighted by molar-refractivity contribution is 0.252. The topological polar surface area (TPSA) is 64.9 Å². The summed E-state index contributed by atoms with van der Waals surface area (Å²) in [6.45, 7) is 0.571. The molecule has 0 bridgehead atoms. The van der Waals surface area contributed by atoms with Gasteiger partial charge in [0.2, 0.25) is 0 Å². The number of urea groups is 1. The highest BCUT2D eigenvalue weighted by atomic mass is 35.5. The van der Waals surface area contributed by atoms with Gasteiger partial charge in [0.1, 0.15) is 0 Å². The Morgan fingerprint density at radius 3 is 2.65 bits per heavy atom. The van der Waals surface area contributed by atoms with E-state index in [0.29, 0.717) is 23.7 Å². The molecule has 0 aromatic heterocycles. The number of carbonyl (C=O) groups excluding carboxylic acids is 1. The van der Waals surface area contributed by atoms with Gasteiger partial charge in [0.25, 0.3) is 0 Å². The molecule has 5 heteroatoms. The molecule has 1 aromatic rings. The van der Waals surface area contributed by atoms with Gasteiger partial charge in [-0.1, -0.05) is 11.6 Å². The van der Waals surface area contributed by atoms with Crippen LogP contribution in [0, 0.1) is 11.3 Å². The molecule has 0 fully saturated rings. The second kappa shape index (κ2) is 7.53. The van der Waals surface area contributed by atoms with Gasteiger partial charge in [-0.05, 0) is 37.1 Å². The summed E-state index contributed by atoms with van der Waals surface area (Å²) in [6.07, 6.45) is 2.14. The summed E-state index contributed by atoms with van der Waals surface area (Å²) >= 11 is 5.73. The van der Waals surface area contributed by atoms with E-state index in [4.69, 9.17) is 16.9 Å². The van der Waals surface area contributed by atoms with Crippen molar-refractivity contribution in [1.82, 2.24) is 5.32 Å². The molecular formula is C12H14ClN3O. The van der Waals surface area contributed by atoms with E-state index in [1.165, 1.54) is 0 Å². The van der Waals surface area contributed by atoms with Gasteiger partial charge in [-0.25, -0.2) is 4.79 Å². The Balaban J connectivity index is 2.21. The average Bonchev–Trinajstić information content (AvgIpc) is 2.32. The van der Waals surface area contributed by atoms with Crippen LogP contribution in [0.4, 0.5) is 10.5 Å². The molecule has 0 unspecified atom stereocenters. The van der Waals surface area contributed by atoms with Crippen molar-refractivity contribution in [2.45, 2.75) is 19.3 Å². The lowest BCUT2D eigenvalue weighted by Gasteiger charge is -2.06. The highest BCUT2D eigenvalue weighted by Crippen LogP contribution is 2.12. The highest BCUT2D eigenvalue weighted by Gasteiger charge is 2.00. The average molecular weight is 252 g/mol. The molecular weight excluding hydrogens is 238 g/mol. The molecule has 17 heavy (non-hydrogen) atoms. The second-order valence-corrected chi connectivity index (χ2v) is 3.94. The Morgan fingerprint density at radius 2 is 2.00 bits per heavy atom. The van der Waals surface area contributed by atoms with Crippen molar-refractivity contribution in [2.75, 3.05) is 11.9 Å². The van der Waals surface area contributed by atoms with Gasteiger partial charge < -0.3 is 10.6 Å². The van der Waals surface area contributed by atoms with Crippen LogP contribution in [-0.4, -0.2) is 12.6 Å². The molecule has 0 aliphatic heterocycles. The molecule has 90 valence electrons. The van der Waals surface area contributed by atoms with Gasteiger partial charge in [0.05, 0.1) is 6.07 Å². The first-order valence-electron chi connectivity index (χ1n) is 5.40. The maximum absolute atomic E-state index is 11.4. The Bertz CT molecular complexity index is 397. The number of unbranched alkanes of at least 4 members (excludes halogenated alkanes) is 2. The maximum atomic E-state index is 11.4. The number of nitrogens with one attached hydrogen (secondary N) is 2. The summed E-state index contributed by atoms with van der Waals surface area (Å²) < 4.78 is 0. The quantitative estimate of drug-likeness (QED) is 0.790. The van der Waals surface area contributed by atoms with Crippen molar-refractivity contribution in [2.24, 2.45) is 0 Å². The molecule has 2 amide bonds. The number of halogens is 1. The van der Waals surface area contributed by atoms with E-state index in [2.05, 4.69) is 16.7 Å². The predicted octanol–water partition coefficient (Wildman–Crippen LogP) is 3.16. The van der Waals surface area contributed by atoms with Crippen LogP contribution in [0.25, 0.3) is 0 Å². The fourth-order valence-corrected chi connectivity index (χ4v) is 1.37. The molecule has 2 N–H and O–H groups in total. The number of hydrogen-bond acceptors (Lipinski definition) is 2. The number of anilines is 1. The number of nitrogens with zero attached hydrogens (tertiary/aromatic N) is 1. The summed E-state index contributed by atoms with van der Waals surface area (Å²) in [5.74, 6) is 0. The van der Waals surface area contributed by atoms with Crippen molar-refractivity contribution in [3.05, 3.63) is 29.3 Å². The predicted molar refractivity (Wildman–Crippen MR) is 67.9 cm³/mol. The van der Waals surface area contributed by atoms with Crippen molar-refractivity contribution < 1.29 is 4.79 Å². The number of amides is 2. The van der Waals surface area contributed by atoms with Crippen LogP contribution in [0.1, 0.15) is 19.3 Å². The van der Waals surface area contributed by atoms with Gasteiger partial charge >= 0.3 is 6.03 Å². The third-order valence-electron chi connectivity index (χ3n) is 2.10. The van der Waals surface area contributed by atoms with Crippen molar-refractivity contribution in [1.29, 1.82) is 5.26 Å². The minimum atomic E-state index is -0.246. The number of hydrogen-bond donors (Lipinski definition) is 2. The Labute approximate surface area is 106 Å². The van der Waals surface area contributed by atoms with Gasteiger partial charge in [-0.3, -0.25) is 0 Å².